The van der Waals surface area contributed by atoms with Crippen LogP contribution in [0.1, 0.15) is 50.2 Å². The Balaban J connectivity index is 1.63. The first-order valence-electron chi connectivity index (χ1n) is 7.19. The topological polar surface area (TPSA) is 12.0 Å². The first-order valence-corrected chi connectivity index (χ1v) is 7.19. The zero-order valence-corrected chi connectivity index (χ0v) is 11.0. The molecule has 2 rings (SSSR count). The normalized spacial score (nSPS) is 16.5. The van der Waals surface area contributed by atoms with E-state index < -0.39 is 0 Å². The van der Waals surface area contributed by atoms with Crippen LogP contribution in [0.3, 0.4) is 0 Å². The van der Waals surface area contributed by atoms with Crippen molar-refractivity contribution in [2.24, 2.45) is 0 Å². The highest BCUT2D eigenvalue weighted by Gasteiger charge is 2.12. The molecule has 1 aromatic carbocycles. The number of rotatable bonds is 6. The first-order chi connectivity index (χ1) is 8.38. The van der Waals surface area contributed by atoms with Crippen molar-refractivity contribution in [1.29, 1.82) is 0 Å². The fourth-order valence-electron chi connectivity index (χ4n) is 2.67. The lowest BCUT2D eigenvalue weighted by Gasteiger charge is -2.11. The molecule has 1 aliphatic carbocycles. The van der Waals surface area contributed by atoms with Gasteiger partial charge in [-0.05, 0) is 49.8 Å². The summed E-state index contributed by atoms with van der Waals surface area (Å²) in [6.45, 7) is 3.39. The zero-order chi connectivity index (χ0) is 11.9. The molecule has 1 fully saturated rings. The van der Waals surface area contributed by atoms with Gasteiger partial charge in [-0.1, -0.05) is 44.0 Å². The zero-order valence-electron chi connectivity index (χ0n) is 11.0. The van der Waals surface area contributed by atoms with Crippen molar-refractivity contribution >= 4 is 0 Å². The van der Waals surface area contributed by atoms with Crippen LogP contribution in [-0.2, 0) is 12.8 Å². The van der Waals surface area contributed by atoms with Gasteiger partial charge in [-0.15, -0.1) is 0 Å². The SMILES string of the molecule is CCc1ccc(CCCNC2CCCC2)cc1. The van der Waals surface area contributed by atoms with E-state index in [9.17, 15) is 0 Å². The third-order valence-electron chi connectivity index (χ3n) is 3.86. The van der Waals surface area contributed by atoms with Crippen LogP contribution in [0.5, 0.6) is 0 Å². The molecular weight excluding hydrogens is 206 g/mol. The Bertz CT molecular complexity index is 309. The van der Waals surface area contributed by atoms with E-state index >= 15 is 0 Å². The van der Waals surface area contributed by atoms with Crippen LogP contribution in [0.4, 0.5) is 0 Å². The molecule has 0 radical (unpaired) electrons. The molecule has 0 saturated heterocycles. The average Bonchev–Trinajstić information content (AvgIpc) is 2.88. The van der Waals surface area contributed by atoms with Crippen LogP contribution in [-0.4, -0.2) is 12.6 Å². The van der Waals surface area contributed by atoms with Crippen molar-refractivity contribution in [2.45, 2.75) is 57.9 Å². The molecule has 0 bridgehead atoms. The largest absolute Gasteiger partial charge is 0.314 e. The maximum absolute atomic E-state index is 3.67. The summed E-state index contributed by atoms with van der Waals surface area (Å²) in [7, 11) is 0. The Morgan fingerprint density at radius 3 is 2.35 bits per heavy atom. The number of hydrogen-bond donors (Lipinski definition) is 1. The Morgan fingerprint density at radius 2 is 1.71 bits per heavy atom. The smallest absolute Gasteiger partial charge is 0.00670 e. The second kappa shape index (κ2) is 6.80. The molecule has 1 aromatic rings. The van der Waals surface area contributed by atoms with Crippen molar-refractivity contribution in [1.82, 2.24) is 5.32 Å². The minimum absolute atomic E-state index is 0.817. The molecule has 0 aromatic heterocycles. The second-order valence-corrected chi connectivity index (χ2v) is 5.21. The summed E-state index contributed by atoms with van der Waals surface area (Å²) < 4.78 is 0. The molecular formula is C16H25N. The van der Waals surface area contributed by atoms with Crippen molar-refractivity contribution in [3.8, 4) is 0 Å². The molecule has 94 valence electrons. The molecule has 0 unspecified atom stereocenters. The van der Waals surface area contributed by atoms with Crippen LogP contribution in [0.25, 0.3) is 0 Å². The van der Waals surface area contributed by atoms with E-state index in [1.807, 2.05) is 0 Å². The van der Waals surface area contributed by atoms with E-state index in [1.54, 1.807) is 0 Å². The van der Waals surface area contributed by atoms with E-state index in [4.69, 9.17) is 0 Å². The number of benzene rings is 1. The van der Waals surface area contributed by atoms with E-state index in [-0.39, 0.29) is 0 Å². The van der Waals surface area contributed by atoms with Gasteiger partial charge < -0.3 is 5.32 Å². The third-order valence-corrected chi connectivity index (χ3v) is 3.86. The van der Waals surface area contributed by atoms with E-state index in [0.717, 1.165) is 12.5 Å². The average molecular weight is 231 g/mol. The van der Waals surface area contributed by atoms with Crippen LogP contribution in [0.2, 0.25) is 0 Å². The summed E-state index contributed by atoms with van der Waals surface area (Å²) in [4.78, 5) is 0. The van der Waals surface area contributed by atoms with Crippen molar-refractivity contribution in [2.75, 3.05) is 6.54 Å². The Labute approximate surface area is 106 Å². The fourth-order valence-corrected chi connectivity index (χ4v) is 2.67. The monoisotopic (exact) mass is 231 g/mol. The third kappa shape index (κ3) is 4.16. The predicted molar refractivity (Wildman–Crippen MR) is 74.4 cm³/mol. The highest BCUT2D eigenvalue weighted by molar-refractivity contribution is 5.22. The van der Waals surface area contributed by atoms with Crippen molar-refractivity contribution in [3.05, 3.63) is 35.4 Å². The highest BCUT2D eigenvalue weighted by atomic mass is 14.9. The molecule has 1 N–H and O–H groups in total. The van der Waals surface area contributed by atoms with E-state index in [2.05, 4.69) is 36.5 Å². The van der Waals surface area contributed by atoms with Gasteiger partial charge in [-0.25, -0.2) is 0 Å². The van der Waals surface area contributed by atoms with Crippen LogP contribution >= 0.6 is 0 Å². The minimum atomic E-state index is 0.817. The maximum Gasteiger partial charge on any atom is 0.00670 e. The van der Waals surface area contributed by atoms with E-state index in [0.29, 0.717) is 0 Å². The lowest BCUT2D eigenvalue weighted by atomic mass is 10.1. The predicted octanol–water partition coefficient (Wildman–Crippen LogP) is 3.71. The van der Waals surface area contributed by atoms with Crippen molar-refractivity contribution in [3.63, 3.8) is 0 Å². The lowest BCUT2D eigenvalue weighted by Crippen LogP contribution is -2.27. The molecule has 0 spiro atoms. The molecule has 0 heterocycles. The first kappa shape index (κ1) is 12.6. The maximum atomic E-state index is 3.67. The lowest BCUT2D eigenvalue weighted by molar-refractivity contribution is 0.515. The second-order valence-electron chi connectivity index (χ2n) is 5.21. The number of aryl methyl sites for hydroxylation is 2. The summed E-state index contributed by atoms with van der Waals surface area (Å²) in [5, 5.41) is 3.67. The summed E-state index contributed by atoms with van der Waals surface area (Å²) in [6.07, 6.45) is 9.26. The molecule has 0 atom stereocenters. The van der Waals surface area contributed by atoms with Gasteiger partial charge in [0.2, 0.25) is 0 Å². The van der Waals surface area contributed by atoms with Gasteiger partial charge in [0.05, 0.1) is 0 Å². The number of nitrogens with one attached hydrogen (secondary N) is 1. The Kier molecular flexibility index (Phi) is 5.06. The molecule has 1 nitrogen and oxygen atoms in total. The van der Waals surface area contributed by atoms with Gasteiger partial charge in [-0.2, -0.15) is 0 Å². The molecule has 1 aliphatic rings. The number of hydrogen-bond acceptors (Lipinski definition) is 1. The Morgan fingerprint density at radius 1 is 1.06 bits per heavy atom. The molecule has 1 saturated carbocycles. The quantitative estimate of drug-likeness (QED) is 0.736. The highest BCUT2D eigenvalue weighted by Crippen LogP contribution is 2.17. The summed E-state index contributed by atoms with van der Waals surface area (Å²) in [6, 6.07) is 9.92. The summed E-state index contributed by atoms with van der Waals surface area (Å²) in [5.41, 5.74) is 2.92. The van der Waals surface area contributed by atoms with Crippen LogP contribution < -0.4 is 5.32 Å². The standard InChI is InChI=1S/C16H25N/c1-2-14-9-11-15(12-10-14)6-5-13-17-16-7-3-4-8-16/h9-12,16-17H,2-8,13H2,1H3. The van der Waals surface area contributed by atoms with Crippen LogP contribution in [0, 0.1) is 0 Å². The molecule has 17 heavy (non-hydrogen) atoms. The van der Waals surface area contributed by atoms with Gasteiger partial charge in [0.25, 0.3) is 0 Å². The molecule has 1 heteroatoms. The van der Waals surface area contributed by atoms with Crippen LogP contribution in [0.15, 0.2) is 24.3 Å². The Hall–Kier alpha value is -0.820. The van der Waals surface area contributed by atoms with Crippen molar-refractivity contribution < 1.29 is 0 Å². The minimum Gasteiger partial charge on any atom is -0.314 e. The summed E-state index contributed by atoms with van der Waals surface area (Å²) in [5.74, 6) is 0. The molecule has 0 aliphatic heterocycles. The summed E-state index contributed by atoms with van der Waals surface area (Å²) >= 11 is 0. The van der Waals surface area contributed by atoms with Gasteiger partial charge in [0, 0.05) is 6.04 Å². The van der Waals surface area contributed by atoms with Gasteiger partial charge >= 0.3 is 0 Å². The molecule has 0 amide bonds. The van der Waals surface area contributed by atoms with Gasteiger partial charge in [0.1, 0.15) is 0 Å². The fraction of sp³-hybridized carbons (Fsp3) is 0.625. The van der Waals surface area contributed by atoms with Gasteiger partial charge in [-0.3, -0.25) is 0 Å². The van der Waals surface area contributed by atoms with Gasteiger partial charge in [0.15, 0.2) is 0 Å². The van der Waals surface area contributed by atoms with E-state index in [1.165, 1.54) is 56.2 Å².